The third kappa shape index (κ3) is 4.52. The van der Waals surface area contributed by atoms with Crippen LogP contribution in [0.25, 0.3) is 5.82 Å². The molecule has 29 heavy (non-hydrogen) atoms. The van der Waals surface area contributed by atoms with Crippen molar-refractivity contribution in [3.8, 4) is 5.82 Å². The number of methoxy groups -OCH3 is 1. The fourth-order valence-corrected chi connectivity index (χ4v) is 3.01. The van der Waals surface area contributed by atoms with E-state index in [0.29, 0.717) is 34.9 Å². The third-order valence-electron chi connectivity index (χ3n) is 4.42. The van der Waals surface area contributed by atoms with Crippen LogP contribution in [0, 0.1) is 13.8 Å². The van der Waals surface area contributed by atoms with E-state index in [0.717, 1.165) is 5.56 Å². The van der Waals surface area contributed by atoms with Crippen molar-refractivity contribution < 1.29 is 19.1 Å². The van der Waals surface area contributed by atoms with Crippen LogP contribution in [0.1, 0.15) is 37.7 Å². The SMILES string of the molecule is COCCOC(=O)c1c(C)[nH]c(C(=O)NCc2cccnc2-n2cccn2)c1C. The molecule has 152 valence electrons. The van der Waals surface area contributed by atoms with Crippen molar-refractivity contribution in [2.45, 2.75) is 20.4 Å². The molecule has 1 amide bonds. The lowest BCUT2D eigenvalue weighted by Crippen LogP contribution is -2.25. The van der Waals surface area contributed by atoms with Crippen molar-refractivity contribution in [1.29, 1.82) is 0 Å². The molecule has 3 aromatic rings. The summed E-state index contributed by atoms with van der Waals surface area (Å²) in [7, 11) is 1.53. The van der Waals surface area contributed by atoms with Crippen molar-refractivity contribution in [3.63, 3.8) is 0 Å². The highest BCUT2D eigenvalue weighted by Gasteiger charge is 2.23. The van der Waals surface area contributed by atoms with Gasteiger partial charge in [0.05, 0.1) is 12.2 Å². The van der Waals surface area contributed by atoms with Crippen LogP contribution in [0.15, 0.2) is 36.8 Å². The molecule has 0 aromatic carbocycles. The fraction of sp³-hybridized carbons (Fsp3) is 0.300. The van der Waals surface area contributed by atoms with E-state index < -0.39 is 5.97 Å². The van der Waals surface area contributed by atoms with Crippen molar-refractivity contribution in [1.82, 2.24) is 25.1 Å². The molecular formula is C20H23N5O4. The smallest absolute Gasteiger partial charge is 0.340 e. The monoisotopic (exact) mass is 397 g/mol. The zero-order chi connectivity index (χ0) is 20.8. The molecule has 2 N–H and O–H groups in total. The Hall–Kier alpha value is -3.46. The van der Waals surface area contributed by atoms with Crippen molar-refractivity contribution >= 4 is 11.9 Å². The molecule has 9 heteroatoms. The number of hydrogen-bond donors (Lipinski definition) is 2. The molecule has 0 atom stereocenters. The number of nitrogens with zero attached hydrogens (tertiary/aromatic N) is 3. The first-order valence-corrected chi connectivity index (χ1v) is 9.10. The summed E-state index contributed by atoms with van der Waals surface area (Å²) in [5.74, 6) is -0.169. The second-order valence-electron chi connectivity index (χ2n) is 6.37. The van der Waals surface area contributed by atoms with Crippen LogP contribution in [0.3, 0.4) is 0 Å². The van der Waals surface area contributed by atoms with E-state index in [1.54, 1.807) is 49.3 Å². The molecular weight excluding hydrogens is 374 g/mol. The van der Waals surface area contributed by atoms with Crippen LogP contribution in [-0.2, 0) is 16.0 Å². The number of carbonyl (C=O) groups is 2. The highest BCUT2D eigenvalue weighted by atomic mass is 16.6. The summed E-state index contributed by atoms with van der Waals surface area (Å²) in [6.45, 7) is 4.16. The maximum atomic E-state index is 12.7. The molecule has 0 bridgehead atoms. The van der Waals surface area contributed by atoms with Gasteiger partial charge >= 0.3 is 5.97 Å². The van der Waals surface area contributed by atoms with Gasteiger partial charge in [0.25, 0.3) is 5.91 Å². The van der Waals surface area contributed by atoms with E-state index in [9.17, 15) is 9.59 Å². The van der Waals surface area contributed by atoms with Crippen LogP contribution in [0.2, 0.25) is 0 Å². The highest BCUT2D eigenvalue weighted by molar-refractivity contribution is 6.00. The van der Waals surface area contributed by atoms with Gasteiger partial charge in [0.2, 0.25) is 0 Å². The summed E-state index contributed by atoms with van der Waals surface area (Å²) in [4.78, 5) is 32.4. The number of esters is 1. The number of H-pyrrole nitrogens is 1. The van der Waals surface area contributed by atoms with E-state index in [4.69, 9.17) is 9.47 Å². The van der Waals surface area contributed by atoms with Crippen LogP contribution in [-0.4, -0.2) is 51.9 Å². The zero-order valence-electron chi connectivity index (χ0n) is 16.6. The van der Waals surface area contributed by atoms with Crippen LogP contribution in [0.4, 0.5) is 0 Å². The van der Waals surface area contributed by atoms with E-state index in [-0.39, 0.29) is 19.1 Å². The number of aromatic amines is 1. The standard InChI is InChI=1S/C20H23N5O4/c1-13-16(20(27)29-11-10-28-3)14(2)24-17(13)19(26)22-12-15-6-4-7-21-18(15)25-9-5-8-23-25/h4-9,24H,10-12H2,1-3H3,(H,22,26). The molecule has 0 saturated carbocycles. The van der Waals surface area contributed by atoms with Gasteiger partial charge in [0.15, 0.2) is 5.82 Å². The molecule has 3 heterocycles. The minimum absolute atomic E-state index is 0.151. The number of aromatic nitrogens is 4. The Morgan fingerprint density at radius 1 is 1.21 bits per heavy atom. The van der Waals surface area contributed by atoms with E-state index in [2.05, 4.69) is 20.4 Å². The third-order valence-corrected chi connectivity index (χ3v) is 4.42. The van der Waals surface area contributed by atoms with Crippen LogP contribution >= 0.6 is 0 Å². The lowest BCUT2D eigenvalue weighted by molar-refractivity contribution is 0.0387. The molecule has 0 spiro atoms. The number of hydrogen-bond acceptors (Lipinski definition) is 6. The van der Waals surface area contributed by atoms with Crippen molar-refractivity contribution in [2.75, 3.05) is 20.3 Å². The molecule has 3 rings (SSSR count). The van der Waals surface area contributed by atoms with E-state index in [1.165, 1.54) is 7.11 Å². The summed E-state index contributed by atoms with van der Waals surface area (Å²) in [5, 5.41) is 7.05. The second kappa shape index (κ2) is 9.16. The second-order valence-corrected chi connectivity index (χ2v) is 6.37. The number of pyridine rings is 1. The molecule has 0 aliphatic rings. The van der Waals surface area contributed by atoms with Gasteiger partial charge in [-0.2, -0.15) is 5.10 Å². The summed E-state index contributed by atoms with van der Waals surface area (Å²) in [6, 6.07) is 5.47. The molecule has 0 fully saturated rings. The Labute approximate surface area is 168 Å². The first-order chi connectivity index (χ1) is 14.0. The summed E-state index contributed by atoms with van der Waals surface area (Å²) in [6.07, 6.45) is 5.12. The largest absolute Gasteiger partial charge is 0.460 e. The number of rotatable bonds is 8. The average Bonchev–Trinajstić information content (AvgIpc) is 3.34. The van der Waals surface area contributed by atoms with Gasteiger partial charge in [-0.25, -0.2) is 14.5 Å². The van der Waals surface area contributed by atoms with Gasteiger partial charge in [-0.05, 0) is 31.5 Å². The quantitative estimate of drug-likeness (QED) is 0.444. The topological polar surface area (TPSA) is 111 Å². The van der Waals surface area contributed by atoms with Gasteiger partial charge in [0.1, 0.15) is 12.3 Å². The predicted octanol–water partition coefficient (Wildman–Crippen LogP) is 1.95. The maximum absolute atomic E-state index is 12.7. The number of nitrogens with one attached hydrogen (secondary N) is 2. The van der Waals surface area contributed by atoms with Crippen LogP contribution < -0.4 is 5.32 Å². The maximum Gasteiger partial charge on any atom is 0.340 e. The molecule has 9 nitrogen and oxygen atoms in total. The Kier molecular flexibility index (Phi) is 6.40. The minimum Gasteiger partial charge on any atom is -0.460 e. The number of carbonyl (C=O) groups excluding carboxylic acids is 2. The first kappa shape index (κ1) is 20.3. The number of amides is 1. The number of ether oxygens (including phenoxy) is 2. The normalized spacial score (nSPS) is 10.7. The average molecular weight is 397 g/mol. The molecule has 0 aliphatic heterocycles. The molecule has 0 radical (unpaired) electrons. The Balaban J connectivity index is 1.73. The van der Waals surface area contributed by atoms with Gasteiger partial charge in [-0.3, -0.25) is 4.79 Å². The molecule has 0 aliphatic carbocycles. The lowest BCUT2D eigenvalue weighted by atomic mass is 10.1. The summed E-state index contributed by atoms with van der Waals surface area (Å²) in [5.41, 5.74) is 2.62. The fourth-order valence-electron chi connectivity index (χ4n) is 3.01. The van der Waals surface area contributed by atoms with Crippen LogP contribution in [0.5, 0.6) is 0 Å². The van der Waals surface area contributed by atoms with Crippen molar-refractivity contribution in [2.24, 2.45) is 0 Å². The molecule has 3 aromatic heterocycles. The minimum atomic E-state index is -0.486. The Morgan fingerprint density at radius 2 is 2.03 bits per heavy atom. The highest BCUT2D eigenvalue weighted by Crippen LogP contribution is 2.19. The van der Waals surface area contributed by atoms with E-state index in [1.807, 2.05) is 6.07 Å². The first-order valence-electron chi connectivity index (χ1n) is 9.10. The zero-order valence-corrected chi connectivity index (χ0v) is 16.6. The van der Waals surface area contributed by atoms with Gasteiger partial charge in [-0.15, -0.1) is 0 Å². The van der Waals surface area contributed by atoms with Gasteiger partial charge in [-0.1, -0.05) is 6.07 Å². The molecule has 0 unspecified atom stereocenters. The number of aryl methyl sites for hydroxylation is 1. The predicted molar refractivity (Wildman–Crippen MR) is 105 cm³/mol. The molecule has 0 saturated heterocycles. The Morgan fingerprint density at radius 3 is 2.76 bits per heavy atom. The Bertz CT molecular complexity index is 994. The van der Waals surface area contributed by atoms with Gasteiger partial charge < -0.3 is 19.8 Å². The summed E-state index contributed by atoms with van der Waals surface area (Å²) >= 11 is 0. The summed E-state index contributed by atoms with van der Waals surface area (Å²) < 4.78 is 11.7. The van der Waals surface area contributed by atoms with E-state index >= 15 is 0 Å². The van der Waals surface area contributed by atoms with Gasteiger partial charge in [0, 0.05) is 43.5 Å². The lowest BCUT2D eigenvalue weighted by Gasteiger charge is -2.10. The van der Waals surface area contributed by atoms with Crippen molar-refractivity contribution in [3.05, 3.63) is 64.9 Å².